The lowest BCUT2D eigenvalue weighted by atomic mass is 10.3. The first-order chi connectivity index (χ1) is 6.13. The van der Waals surface area contributed by atoms with Gasteiger partial charge in [-0.25, -0.2) is 0 Å². The summed E-state index contributed by atoms with van der Waals surface area (Å²) >= 11 is 1.79. The Kier molecular flexibility index (Phi) is 7.09. The Balaban J connectivity index is 3.69. The quantitative estimate of drug-likeness (QED) is 0.655. The molecule has 3 nitrogen and oxygen atoms in total. The second-order valence-electron chi connectivity index (χ2n) is 3.04. The number of carbonyl (C=O) groups excluding carboxylic acids is 1. The maximum Gasteiger partial charge on any atom is 0.223 e. The number of rotatable bonds is 6. The van der Waals surface area contributed by atoms with Crippen molar-refractivity contribution >= 4 is 17.7 Å². The van der Waals surface area contributed by atoms with Crippen LogP contribution in [-0.2, 0) is 4.79 Å². The molecule has 0 aliphatic carbocycles. The Bertz CT molecular complexity index is 153. The zero-order valence-electron chi connectivity index (χ0n) is 8.75. The molecule has 78 valence electrons. The first-order valence-corrected chi connectivity index (χ1v) is 5.82. The zero-order valence-corrected chi connectivity index (χ0v) is 9.56. The summed E-state index contributed by atoms with van der Waals surface area (Å²) in [6.07, 6.45) is 0.624. The van der Waals surface area contributed by atoms with E-state index in [0.29, 0.717) is 13.0 Å². The fourth-order valence-corrected chi connectivity index (χ4v) is 1.49. The average Bonchev–Trinajstić information content (AvgIpc) is 2.15. The van der Waals surface area contributed by atoms with Crippen LogP contribution in [0, 0.1) is 0 Å². The molecule has 1 atom stereocenters. The predicted octanol–water partition coefficient (Wildman–Crippen LogP) is 0.935. The minimum atomic E-state index is 0.152. The van der Waals surface area contributed by atoms with Crippen molar-refractivity contribution in [3.05, 3.63) is 0 Å². The molecule has 0 fully saturated rings. The number of carbonyl (C=O) groups is 1. The largest absolute Gasteiger partial charge is 0.342 e. The summed E-state index contributed by atoms with van der Waals surface area (Å²) in [6.45, 7) is 4.59. The van der Waals surface area contributed by atoms with E-state index >= 15 is 0 Å². The van der Waals surface area contributed by atoms with E-state index in [-0.39, 0.29) is 11.9 Å². The summed E-state index contributed by atoms with van der Waals surface area (Å²) in [7, 11) is 1.82. The smallest absolute Gasteiger partial charge is 0.223 e. The van der Waals surface area contributed by atoms with E-state index in [0.717, 1.165) is 11.5 Å². The first-order valence-electron chi connectivity index (χ1n) is 4.67. The molecule has 0 radical (unpaired) electrons. The summed E-state index contributed by atoms with van der Waals surface area (Å²) in [6, 6.07) is 0.152. The van der Waals surface area contributed by atoms with Crippen molar-refractivity contribution in [1.82, 2.24) is 4.90 Å². The van der Waals surface area contributed by atoms with Gasteiger partial charge in [-0.3, -0.25) is 4.79 Å². The summed E-state index contributed by atoms with van der Waals surface area (Å²) < 4.78 is 0. The molecule has 0 bridgehead atoms. The SMILES string of the molecule is CCSCCC(=O)N(C)C(C)CN. The van der Waals surface area contributed by atoms with Gasteiger partial charge in [-0.2, -0.15) is 11.8 Å². The Labute approximate surface area is 85.0 Å². The highest BCUT2D eigenvalue weighted by Gasteiger charge is 2.13. The highest BCUT2D eigenvalue weighted by molar-refractivity contribution is 7.99. The molecule has 0 spiro atoms. The average molecular weight is 204 g/mol. The van der Waals surface area contributed by atoms with Gasteiger partial charge < -0.3 is 10.6 Å². The maximum absolute atomic E-state index is 11.5. The number of thioether (sulfide) groups is 1. The van der Waals surface area contributed by atoms with Crippen LogP contribution in [-0.4, -0.2) is 41.9 Å². The minimum absolute atomic E-state index is 0.152. The molecule has 0 rings (SSSR count). The van der Waals surface area contributed by atoms with Crippen LogP contribution in [0.15, 0.2) is 0 Å². The van der Waals surface area contributed by atoms with Gasteiger partial charge in [0.1, 0.15) is 0 Å². The van der Waals surface area contributed by atoms with E-state index in [9.17, 15) is 4.79 Å². The summed E-state index contributed by atoms with van der Waals surface area (Å²) in [5.41, 5.74) is 5.47. The second kappa shape index (κ2) is 7.21. The van der Waals surface area contributed by atoms with Crippen LogP contribution in [0.25, 0.3) is 0 Å². The molecule has 1 unspecified atom stereocenters. The van der Waals surface area contributed by atoms with E-state index < -0.39 is 0 Å². The molecule has 13 heavy (non-hydrogen) atoms. The van der Waals surface area contributed by atoms with Gasteiger partial charge in [0, 0.05) is 31.8 Å². The van der Waals surface area contributed by atoms with Gasteiger partial charge in [0.25, 0.3) is 0 Å². The molecule has 0 heterocycles. The molecule has 0 aliphatic rings. The molecule has 0 saturated carbocycles. The van der Waals surface area contributed by atoms with Crippen molar-refractivity contribution in [2.45, 2.75) is 26.3 Å². The normalized spacial score (nSPS) is 12.6. The minimum Gasteiger partial charge on any atom is -0.342 e. The van der Waals surface area contributed by atoms with Gasteiger partial charge in [-0.05, 0) is 12.7 Å². The van der Waals surface area contributed by atoms with Crippen molar-refractivity contribution < 1.29 is 4.79 Å². The molecule has 4 heteroatoms. The van der Waals surface area contributed by atoms with Gasteiger partial charge >= 0.3 is 0 Å². The predicted molar refractivity (Wildman–Crippen MR) is 58.9 cm³/mol. The maximum atomic E-state index is 11.5. The molecule has 0 aromatic rings. The fraction of sp³-hybridized carbons (Fsp3) is 0.889. The van der Waals surface area contributed by atoms with Crippen molar-refractivity contribution in [3.63, 3.8) is 0 Å². The molecule has 2 N–H and O–H groups in total. The van der Waals surface area contributed by atoms with Crippen LogP contribution in [0.2, 0.25) is 0 Å². The standard InChI is InChI=1S/C9H20N2OS/c1-4-13-6-5-9(12)11(3)8(2)7-10/h8H,4-7,10H2,1-3H3. The molecule has 0 aliphatic heterocycles. The Morgan fingerprint density at radius 3 is 2.69 bits per heavy atom. The van der Waals surface area contributed by atoms with Crippen molar-refractivity contribution in [3.8, 4) is 0 Å². The van der Waals surface area contributed by atoms with Crippen LogP contribution in [0.3, 0.4) is 0 Å². The number of likely N-dealkylation sites (N-methyl/N-ethyl adjacent to an activating group) is 1. The van der Waals surface area contributed by atoms with Crippen LogP contribution >= 0.6 is 11.8 Å². The summed E-state index contributed by atoms with van der Waals surface area (Å²) in [4.78, 5) is 13.2. The van der Waals surface area contributed by atoms with E-state index in [1.54, 1.807) is 16.7 Å². The second-order valence-corrected chi connectivity index (χ2v) is 4.43. The molecule has 0 saturated heterocycles. The molecule has 1 amide bonds. The zero-order chi connectivity index (χ0) is 10.3. The lowest BCUT2D eigenvalue weighted by Gasteiger charge is -2.23. The fourth-order valence-electron chi connectivity index (χ4n) is 0.884. The molecular weight excluding hydrogens is 184 g/mol. The summed E-state index contributed by atoms with van der Waals surface area (Å²) in [5.74, 6) is 2.18. The highest BCUT2D eigenvalue weighted by Crippen LogP contribution is 2.04. The van der Waals surface area contributed by atoms with E-state index in [1.165, 1.54) is 0 Å². The molecule has 0 aromatic carbocycles. The summed E-state index contributed by atoms with van der Waals surface area (Å²) in [5, 5.41) is 0. The number of nitrogens with zero attached hydrogens (tertiary/aromatic N) is 1. The third-order valence-electron chi connectivity index (χ3n) is 2.06. The van der Waals surface area contributed by atoms with Crippen LogP contribution in [0.4, 0.5) is 0 Å². The Morgan fingerprint density at radius 2 is 2.23 bits per heavy atom. The number of nitrogens with two attached hydrogens (primary N) is 1. The van der Waals surface area contributed by atoms with Crippen molar-refractivity contribution in [2.24, 2.45) is 5.73 Å². The van der Waals surface area contributed by atoms with Gasteiger partial charge in [-0.1, -0.05) is 6.92 Å². The Morgan fingerprint density at radius 1 is 1.62 bits per heavy atom. The third-order valence-corrected chi connectivity index (χ3v) is 2.96. The van der Waals surface area contributed by atoms with Crippen LogP contribution in [0.5, 0.6) is 0 Å². The van der Waals surface area contributed by atoms with Gasteiger partial charge in [0.2, 0.25) is 5.91 Å². The first kappa shape index (κ1) is 12.8. The van der Waals surface area contributed by atoms with Gasteiger partial charge in [0.15, 0.2) is 0 Å². The van der Waals surface area contributed by atoms with Crippen LogP contribution in [0.1, 0.15) is 20.3 Å². The number of amides is 1. The number of hydrogen-bond donors (Lipinski definition) is 1. The lowest BCUT2D eigenvalue weighted by molar-refractivity contribution is -0.131. The topological polar surface area (TPSA) is 46.3 Å². The van der Waals surface area contributed by atoms with Crippen molar-refractivity contribution in [2.75, 3.05) is 25.1 Å². The van der Waals surface area contributed by atoms with Crippen molar-refractivity contribution in [1.29, 1.82) is 0 Å². The van der Waals surface area contributed by atoms with E-state index in [1.807, 2.05) is 14.0 Å². The number of hydrogen-bond acceptors (Lipinski definition) is 3. The monoisotopic (exact) mass is 204 g/mol. The van der Waals surface area contributed by atoms with Gasteiger partial charge in [-0.15, -0.1) is 0 Å². The lowest BCUT2D eigenvalue weighted by Crippen LogP contribution is -2.39. The van der Waals surface area contributed by atoms with E-state index in [4.69, 9.17) is 5.73 Å². The highest BCUT2D eigenvalue weighted by atomic mass is 32.2. The molecular formula is C9H20N2OS. The Hall–Kier alpha value is -0.220. The third kappa shape index (κ3) is 5.16. The molecule has 0 aromatic heterocycles. The van der Waals surface area contributed by atoms with E-state index in [2.05, 4.69) is 6.92 Å². The van der Waals surface area contributed by atoms with Gasteiger partial charge in [0.05, 0.1) is 0 Å². The van der Waals surface area contributed by atoms with Crippen LogP contribution < -0.4 is 5.73 Å².